The van der Waals surface area contributed by atoms with Gasteiger partial charge in [0.25, 0.3) is 0 Å². The quantitative estimate of drug-likeness (QED) is 0.218. The average Bonchev–Trinajstić information content (AvgIpc) is 3.61. The Morgan fingerprint density at radius 3 is 2.51 bits per heavy atom. The molecule has 0 saturated heterocycles. The molecule has 2 aromatic carbocycles. The molecular weight excluding hydrogens is 530 g/mol. The molecule has 206 valence electrons. The molecule has 3 N–H and O–H groups in total. The number of nitriles is 1. The molecule has 5 aromatic rings. The van der Waals surface area contributed by atoms with Crippen LogP contribution in [0, 0.1) is 23.0 Å². The molecule has 2 amide bonds. The van der Waals surface area contributed by atoms with Crippen LogP contribution in [0.1, 0.15) is 32.0 Å². The summed E-state index contributed by atoms with van der Waals surface area (Å²) in [5.74, 6) is -0.561. The van der Waals surface area contributed by atoms with E-state index in [4.69, 9.17) is 10.00 Å². The van der Waals surface area contributed by atoms with Crippen molar-refractivity contribution in [1.82, 2.24) is 25.0 Å². The van der Waals surface area contributed by atoms with Crippen molar-refractivity contribution in [2.24, 2.45) is 0 Å². The number of H-pyrrole nitrogens is 1. The Labute approximate surface area is 233 Å². The highest BCUT2D eigenvalue weighted by Crippen LogP contribution is 2.29. The van der Waals surface area contributed by atoms with Crippen molar-refractivity contribution in [3.05, 3.63) is 96.1 Å². The highest BCUT2D eigenvalue weighted by molar-refractivity contribution is 5.99. The topological polar surface area (TPSA) is 134 Å². The first-order chi connectivity index (χ1) is 19.6. The van der Waals surface area contributed by atoms with Gasteiger partial charge >= 0.3 is 6.03 Å². The number of aromatic nitrogens is 5. The standard InChI is InChI=1S/C29H24F2N8O2/c1-29(2,3)26-13-27(39(38-26)19-5-4-17(14-32)22(30)10-19)37-28(40)36-24-7-6-20(11-23(24)31)41-21-8-9-33-25(12-21)18-15-34-35-16-18/h4-13,15-16H,1-3H3,(H,34,35)(H2,36,37,40). The van der Waals surface area contributed by atoms with Crippen molar-refractivity contribution >= 4 is 17.5 Å². The maximum Gasteiger partial charge on any atom is 0.324 e. The van der Waals surface area contributed by atoms with Gasteiger partial charge in [-0.15, -0.1) is 0 Å². The van der Waals surface area contributed by atoms with E-state index >= 15 is 0 Å². The fourth-order valence-electron chi connectivity index (χ4n) is 3.85. The number of urea groups is 1. The molecule has 0 fully saturated rings. The molecule has 0 radical (unpaired) electrons. The smallest absolute Gasteiger partial charge is 0.324 e. The lowest BCUT2D eigenvalue weighted by Gasteiger charge is -2.14. The maximum absolute atomic E-state index is 14.9. The Balaban J connectivity index is 1.33. The molecule has 3 aromatic heterocycles. The number of halogens is 2. The number of hydrogen-bond donors (Lipinski definition) is 3. The number of rotatable bonds is 6. The Morgan fingerprint density at radius 2 is 1.83 bits per heavy atom. The zero-order valence-electron chi connectivity index (χ0n) is 22.2. The van der Waals surface area contributed by atoms with Gasteiger partial charge in [0.1, 0.15) is 35.0 Å². The van der Waals surface area contributed by atoms with Crippen molar-refractivity contribution in [3.8, 4) is 34.5 Å². The number of aromatic amines is 1. The summed E-state index contributed by atoms with van der Waals surface area (Å²) in [5, 5.41) is 25.3. The minimum absolute atomic E-state index is 0.0878. The third-order valence-corrected chi connectivity index (χ3v) is 5.99. The van der Waals surface area contributed by atoms with E-state index in [-0.39, 0.29) is 28.2 Å². The highest BCUT2D eigenvalue weighted by Gasteiger charge is 2.22. The Kier molecular flexibility index (Phi) is 7.18. The van der Waals surface area contributed by atoms with Crippen LogP contribution in [-0.2, 0) is 5.41 Å². The Morgan fingerprint density at radius 1 is 1.02 bits per heavy atom. The molecule has 10 nitrogen and oxygen atoms in total. The second-order valence-corrected chi connectivity index (χ2v) is 10.0. The predicted octanol–water partition coefficient (Wildman–Crippen LogP) is 6.54. The number of hydrogen-bond acceptors (Lipinski definition) is 6. The van der Waals surface area contributed by atoms with E-state index in [0.717, 1.165) is 17.7 Å². The molecule has 0 aliphatic heterocycles. The third-order valence-electron chi connectivity index (χ3n) is 5.99. The number of ether oxygens (including phenoxy) is 1. The van der Waals surface area contributed by atoms with Crippen molar-refractivity contribution in [2.45, 2.75) is 26.2 Å². The van der Waals surface area contributed by atoms with Crippen molar-refractivity contribution in [3.63, 3.8) is 0 Å². The van der Waals surface area contributed by atoms with E-state index in [0.29, 0.717) is 22.8 Å². The first kappa shape index (κ1) is 27.0. The molecule has 0 aliphatic carbocycles. The van der Waals surface area contributed by atoms with Gasteiger partial charge < -0.3 is 10.1 Å². The SMILES string of the molecule is CC(C)(C)c1cc(NC(=O)Nc2ccc(Oc3ccnc(-c4cn[nH]c4)c3)cc2F)n(-c2ccc(C#N)c(F)c2)n1. The monoisotopic (exact) mass is 554 g/mol. The van der Waals surface area contributed by atoms with E-state index < -0.39 is 17.7 Å². The van der Waals surface area contributed by atoms with Crippen LogP contribution in [0.5, 0.6) is 11.5 Å². The summed E-state index contributed by atoms with van der Waals surface area (Å²) in [7, 11) is 0. The summed E-state index contributed by atoms with van der Waals surface area (Å²) in [4.78, 5) is 17.1. The van der Waals surface area contributed by atoms with Crippen LogP contribution < -0.4 is 15.4 Å². The molecule has 0 bridgehead atoms. The van der Waals surface area contributed by atoms with Crippen molar-refractivity contribution in [1.29, 1.82) is 5.26 Å². The summed E-state index contributed by atoms with van der Waals surface area (Å²) in [5.41, 5.74) is 1.73. The van der Waals surface area contributed by atoms with Crippen LogP contribution in [0.25, 0.3) is 16.9 Å². The fraction of sp³-hybridized carbons (Fsp3) is 0.138. The first-order valence-electron chi connectivity index (χ1n) is 12.4. The summed E-state index contributed by atoms with van der Waals surface area (Å²) in [6.07, 6.45) is 4.88. The fourth-order valence-corrected chi connectivity index (χ4v) is 3.85. The van der Waals surface area contributed by atoms with Crippen LogP contribution >= 0.6 is 0 Å². The molecule has 3 heterocycles. The van der Waals surface area contributed by atoms with Crippen LogP contribution in [-0.4, -0.2) is 31.0 Å². The minimum atomic E-state index is -0.743. The van der Waals surface area contributed by atoms with Crippen LogP contribution in [0.3, 0.4) is 0 Å². The molecule has 0 aliphatic rings. The zero-order chi connectivity index (χ0) is 29.1. The van der Waals surface area contributed by atoms with Gasteiger partial charge in [0.15, 0.2) is 0 Å². The van der Waals surface area contributed by atoms with Gasteiger partial charge in [-0.2, -0.15) is 15.5 Å². The minimum Gasteiger partial charge on any atom is -0.457 e. The molecule has 41 heavy (non-hydrogen) atoms. The maximum atomic E-state index is 14.9. The van der Waals surface area contributed by atoms with Crippen LogP contribution in [0.15, 0.2) is 73.2 Å². The number of amides is 2. The Hall–Kier alpha value is -5.57. The van der Waals surface area contributed by atoms with Gasteiger partial charge in [0.2, 0.25) is 0 Å². The number of benzene rings is 2. The lowest BCUT2D eigenvalue weighted by Crippen LogP contribution is -2.22. The van der Waals surface area contributed by atoms with Crippen molar-refractivity contribution in [2.75, 3.05) is 10.6 Å². The average molecular weight is 555 g/mol. The second kappa shape index (κ2) is 10.9. The van der Waals surface area contributed by atoms with Gasteiger partial charge in [0, 0.05) is 47.6 Å². The van der Waals surface area contributed by atoms with Gasteiger partial charge in [0.05, 0.1) is 34.5 Å². The summed E-state index contributed by atoms with van der Waals surface area (Å²) < 4.78 is 36.4. The van der Waals surface area contributed by atoms with E-state index in [1.165, 1.54) is 28.9 Å². The predicted molar refractivity (Wildman–Crippen MR) is 148 cm³/mol. The number of anilines is 2. The van der Waals surface area contributed by atoms with E-state index in [9.17, 15) is 13.6 Å². The van der Waals surface area contributed by atoms with Gasteiger partial charge in [-0.05, 0) is 30.3 Å². The number of carbonyl (C=O) groups excluding carboxylic acids is 1. The molecule has 12 heteroatoms. The second-order valence-electron chi connectivity index (χ2n) is 10.0. The van der Waals surface area contributed by atoms with Gasteiger partial charge in [-0.25, -0.2) is 18.3 Å². The first-order valence-corrected chi connectivity index (χ1v) is 12.4. The molecule has 0 unspecified atom stereocenters. The summed E-state index contributed by atoms with van der Waals surface area (Å²) in [6.45, 7) is 5.81. The van der Waals surface area contributed by atoms with Gasteiger partial charge in [-0.3, -0.25) is 15.4 Å². The Bertz CT molecular complexity index is 1770. The molecular formula is C29H24F2N8O2. The lowest BCUT2D eigenvalue weighted by atomic mass is 9.92. The largest absolute Gasteiger partial charge is 0.457 e. The molecule has 0 atom stereocenters. The summed E-state index contributed by atoms with van der Waals surface area (Å²) in [6, 6.07) is 14.0. The lowest BCUT2D eigenvalue weighted by molar-refractivity contribution is 0.262. The van der Waals surface area contributed by atoms with Gasteiger partial charge in [-0.1, -0.05) is 20.8 Å². The van der Waals surface area contributed by atoms with Crippen LogP contribution in [0.2, 0.25) is 0 Å². The van der Waals surface area contributed by atoms with E-state index in [1.807, 2.05) is 20.8 Å². The highest BCUT2D eigenvalue weighted by atomic mass is 19.1. The third kappa shape index (κ3) is 6.04. The number of carbonyl (C=O) groups is 1. The molecule has 0 saturated carbocycles. The van der Waals surface area contributed by atoms with Crippen molar-refractivity contribution < 1.29 is 18.3 Å². The van der Waals surface area contributed by atoms with Crippen LogP contribution in [0.4, 0.5) is 25.1 Å². The number of pyridine rings is 1. The van der Waals surface area contributed by atoms with E-state index in [1.54, 1.807) is 42.9 Å². The molecule has 0 spiro atoms. The van der Waals surface area contributed by atoms with E-state index in [2.05, 4.69) is 30.9 Å². The zero-order valence-corrected chi connectivity index (χ0v) is 22.2. The number of nitrogens with one attached hydrogen (secondary N) is 3. The number of nitrogens with zero attached hydrogens (tertiary/aromatic N) is 5. The summed E-state index contributed by atoms with van der Waals surface area (Å²) >= 11 is 0. The molecule has 5 rings (SSSR count). The normalized spacial score (nSPS) is 11.1.